The van der Waals surface area contributed by atoms with Crippen molar-refractivity contribution in [1.29, 1.82) is 0 Å². The molecular weight excluding hydrogens is 447 g/mol. The summed E-state index contributed by atoms with van der Waals surface area (Å²) >= 11 is 0. The standard InChI is InChI=1S/C27H21FN4O3/c1-32-13-12-29-27(32)25(35)17-7-4-6-16(14-17)23(33)22(24(34)18-8-5-9-19(28)15-18)26-30-20-10-2-3-11-21(20)31-26/h2-15,25,33,35H,1H3,(H,30,31)/b23-22-. The molecule has 3 N–H and O–H groups in total. The number of fused-ring (bicyclic) bond motifs is 1. The maximum Gasteiger partial charge on any atom is 0.200 e. The average Bonchev–Trinajstić information content (AvgIpc) is 3.49. The number of aromatic amines is 1. The molecule has 0 radical (unpaired) electrons. The van der Waals surface area contributed by atoms with Crippen molar-refractivity contribution in [1.82, 2.24) is 19.5 Å². The average molecular weight is 468 g/mol. The van der Waals surface area contributed by atoms with Gasteiger partial charge < -0.3 is 19.8 Å². The van der Waals surface area contributed by atoms with Gasteiger partial charge in [-0.1, -0.05) is 42.5 Å². The number of aliphatic hydroxyl groups is 2. The Bertz CT molecular complexity index is 1550. The zero-order valence-corrected chi connectivity index (χ0v) is 18.7. The first-order valence-corrected chi connectivity index (χ1v) is 10.9. The number of carbonyl (C=O) groups is 1. The molecule has 0 bridgehead atoms. The van der Waals surface area contributed by atoms with E-state index < -0.39 is 17.7 Å². The SMILES string of the molecule is Cn1ccnc1C(O)c1cccc(/C(O)=C(\C(=O)c2cccc(F)c2)c2nc3ccccc3[nH]2)c1. The molecule has 0 saturated heterocycles. The Morgan fingerprint density at radius 1 is 1.03 bits per heavy atom. The fraction of sp³-hybridized carbons (Fsp3) is 0.0741. The van der Waals surface area contributed by atoms with Crippen molar-refractivity contribution in [2.24, 2.45) is 7.05 Å². The molecule has 3 aromatic carbocycles. The van der Waals surface area contributed by atoms with Crippen LogP contribution in [0.15, 0.2) is 85.2 Å². The van der Waals surface area contributed by atoms with Gasteiger partial charge in [0.05, 0.1) is 11.0 Å². The number of benzene rings is 3. The molecule has 0 saturated carbocycles. The minimum Gasteiger partial charge on any atom is -0.506 e. The van der Waals surface area contributed by atoms with Gasteiger partial charge in [0.25, 0.3) is 0 Å². The summed E-state index contributed by atoms with van der Waals surface area (Å²) in [4.78, 5) is 25.3. The Morgan fingerprint density at radius 3 is 2.54 bits per heavy atom. The Kier molecular flexibility index (Phi) is 5.72. The zero-order chi connectivity index (χ0) is 24.5. The van der Waals surface area contributed by atoms with Gasteiger partial charge in [-0.15, -0.1) is 0 Å². The summed E-state index contributed by atoms with van der Waals surface area (Å²) < 4.78 is 15.6. The van der Waals surface area contributed by atoms with Gasteiger partial charge in [-0.2, -0.15) is 0 Å². The van der Waals surface area contributed by atoms with E-state index in [2.05, 4.69) is 15.0 Å². The number of carbonyl (C=O) groups excluding carboxylic acids is 1. The fourth-order valence-corrected chi connectivity index (χ4v) is 3.96. The lowest BCUT2D eigenvalue weighted by Crippen LogP contribution is -2.09. The summed E-state index contributed by atoms with van der Waals surface area (Å²) in [5.41, 5.74) is 2.01. The summed E-state index contributed by atoms with van der Waals surface area (Å²) in [5.74, 6) is -0.949. The number of aliphatic hydroxyl groups excluding tert-OH is 2. The summed E-state index contributed by atoms with van der Waals surface area (Å²) in [6.45, 7) is 0. The van der Waals surface area contributed by atoms with Crippen molar-refractivity contribution < 1.29 is 19.4 Å². The third-order valence-electron chi connectivity index (χ3n) is 5.76. The first-order chi connectivity index (χ1) is 16.9. The normalized spacial score (nSPS) is 13.0. The van der Waals surface area contributed by atoms with Crippen molar-refractivity contribution in [2.45, 2.75) is 6.10 Å². The van der Waals surface area contributed by atoms with Crippen LogP contribution in [0.3, 0.4) is 0 Å². The number of Topliss-reactive ketones (excluding diaryl/α,β-unsaturated/α-hetero) is 1. The molecule has 0 fully saturated rings. The van der Waals surface area contributed by atoms with Gasteiger partial charge in [-0.25, -0.2) is 14.4 Å². The number of nitrogens with zero attached hydrogens (tertiary/aromatic N) is 3. The van der Waals surface area contributed by atoms with E-state index in [1.165, 1.54) is 18.2 Å². The van der Waals surface area contributed by atoms with Crippen LogP contribution in [0.25, 0.3) is 22.4 Å². The number of imidazole rings is 2. The lowest BCUT2D eigenvalue weighted by molar-refractivity contribution is 0.105. The highest BCUT2D eigenvalue weighted by molar-refractivity contribution is 6.33. The van der Waals surface area contributed by atoms with Gasteiger partial charge >= 0.3 is 0 Å². The molecule has 8 heteroatoms. The lowest BCUT2D eigenvalue weighted by Gasteiger charge is -2.14. The number of para-hydroxylation sites is 2. The van der Waals surface area contributed by atoms with E-state index in [0.717, 1.165) is 6.07 Å². The monoisotopic (exact) mass is 468 g/mol. The molecule has 0 aliphatic rings. The molecule has 2 heterocycles. The first kappa shape index (κ1) is 22.2. The maximum atomic E-state index is 13.9. The van der Waals surface area contributed by atoms with Crippen molar-refractivity contribution in [3.8, 4) is 0 Å². The third-order valence-corrected chi connectivity index (χ3v) is 5.76. The highest BCUT2D eigenvalue weighted by atomic mass is 19.1. The van der Waals surface area contributed by atoms with E-state index in [-0.39, 0.29) is 28.3 Å². The predicted octanol–water partition coefficient (Wildman–Crippen LogP) is 4.83. The van der Waals surface area contributed by atoms with Gasteiger partial charge in [0.2, 0.25) is 5.78 Å². The molecule has 1 unspecified atom stereocenters. The van der Waals surface area contributed by atoms with Gasteiger partial charge in [-0.05, 0) is 35.9 Å². The fourth-order valence-electron chi connectivity index (χ4n) is 3.96. The number of H-pyrrole nitrogens is 1. The van der Waals surface area contributed by atoms with Crippen molar-refractivity contribution in [3.05, 3.63) is 119 Å². The second-order valence-electron chi connectivity index (χ2n) is 8.09. The molecule has 1 atom stereocenters. The smallest absolute Gasteiger partial charge is 0.200 e. The van der Waals surface area contributed by atoms with Crippen LogP contribution in [-0.2, 0) is 7.05 Å². The maximum absolute atomic E-state index is 13.9. The van der Waals surface area contributed by atoms with Crippen LogP contribution in [0, 0.1) is 5.82 Å². The molecule has 5 aromatic rings. The minimum atomic E-state index is -1.05. The predicted molar refractivity (Wildman–Crippen MR) is 130 cm³/mol. The zero-order valence-electron chi connectivity index (χ0n) is 18.7. The molecule has 7 nitrogen and oxygen atoms in total. The number of allylic oxidation sites excluding steroid dienone is 1. The number of hydrogen-bond donors (Lipinski definition) is 3. The van der Waals surface area contributed by atoms with Crippen LogP contribution in [0.2, 0.25) is 0 Å². The highest BCUT2D eigenvalue weighted by Crippen LogP contribution is 2.30. The van der Waals surface area contributed by atoms with Crippen molar-refractivity contribution in [2.75, 3.05) is 0 Å². The molecule has 35 heavy (non-hydrogen) atoms. The number of aromatic nitrogens is 4. The van der Waals surface area contributed by atoms with Crippen LogP contribution in [0.5, 0.6) is 0 Å². The Morgan fingerprint density at radius 2 is 1.80 bits per heavy atom. The second kappa shape index (κ2) is 9.00. The number of aryl methyl sites for hydroxylation is 1. The van der Waals surface area contributed by atoms with Crippen LogP contribution in [0.1, 0.15) is 39.2 Å². The van der Waals surface area contributed by atoms with Crippen molar-refractivity contribution in [3.63, 3.8) is 0 Å². The summed E-state index contributed by atoms with van der Waals surface area (Å²) in [5, 5.41) is 22.2. The van der Waals surface area contributed by atoms with E-state index in [9.17, 15) is 19.4 Å². The van der Waals surface area contributed by atoms with Crippen LogP contribution in [-0.4, -0.2) is 35.5 Å². The van der Waals surface area contributed by atoms with Crippen LogP contribution >= 0.6 is 0 Å². The first-order valence-electron chi connectivity index (χ1n) is 10.9. The second-order valence-corrected chi connectivity index (χ2v) is 8.09. The molecule has 174 valence electrons. The minimum absolute atomic E-state index is 0.0659. The van der Waals surface area contributed by atoms with Gasteiger partial charge in [0.1, 0.15) is 34.9 Å². The van der Waals surface area contributed by atoms with Gasteiger partial charge in [0.15, 0.2) is 0 Å². The van der Waals surface area contributed by atoms with Crippen molar-refractivity contribution >= 4 is 28.1 Å². The third kappa shape index (κ3) is 4.22. The quantitative estimate of drug-likeness (QED) is 0.188. The largest absolute Gasteiger partial charge is 0.506 e. The molecule has 0 aliphatic carbocycles. The van der Waals surface area contributed by atoms with Gasteiger partial charge in [-0.3, -0.25) is 4.79 Å². The molecule has 0 aliphatic heterocycles. The summed E-state index contributed by atoms with van der Waals surface area (Å²) in [7, 11) is 1.77. The van der Waals surface area contributed by atoms with Crippen LogP contribution in [0.4, 0.5) is 4.39 Å². The Balaban J connectivity index is 1.66. The van der Waals surface area contributed by atoms with E-state index in [1.807, 2.05) is 12.1 Å². The van der Waals surface area contributed by atoms with Gasteiger partial charge in [0, 0.05) is 30.6 Å². The number of ketones is 1. The van der Waals surface area contributed by atoms with E-state index in [1.54, 1.807) is 60.4 Å². The Labute approximate surface area is 199 Å². The lowest BCUT2D eigenvalue weighted by atomic mass is 9.97. The summed E-state index contributed by atoms with van der Waals surface area (Å²) in [6.07, 6.45) is 2.25. The molecule has 0 spiro atoms. The number of nitrogens with one attached hydrogen (secondary N) is 1. The molecular formula is C27H21FN4O3. The molecule has 2 aromatic heterocycles. The Hall–Kier alpha value is -4.56. The van der Waals surface area contributed by atoms with Crippen LogP contribution < -0.4 is 0 Å². The highest BCUT2D eigenvalue weighted by Gasteiger charge is 2.25. The van der Waals surface area contributed by atoms with E-state index in [0.29, 0.717) is 22.4 Å². The summed E-state index contributed by atoms with van der Waals surface area (Å²) in [6, 6.07) is 19.0. The topological polar surface area (TPSA) is 104 Å². The van der Waals surface area contributed by atoms with E-state index >= 15 is 0 Å². The molecule has 5 rings (SSSR count). The number of hydrogen-bond acceptors (Lipinski definition) is 5. The molecule has 0 amide bonds. The van der Waals surface area contributed by atoms with E-state index in [4.69, 9.17) is 0 Å². The number of halogens is 1. The number of rotatable bonds is 6.